The average Bonchev–Trinajstić information content (AvgIpc) is 3.37. The number of phenolic OH excluding ortho intramolecular Hbond substituents is 1. The number of phenols is 1. The largest absolute Gasteiger partial charge is 0.508 e. The van der Waals surface area contributed by atoms with E-state index >= 15 is 0 Å². The van der Waals surface area contributed by atoms with Crippen LogP contribution in [0.1, 0.15) is 41.7 Å². The zero-order chi connectivity index (χ0) is 25.9. The highest BCUT2D eigenvalue weighted by Crippen LogP contribution is 2.48. The fraction of sp³-hybridized carbons (Fsp3) is 0.300. The van der Waals surface area contributed by atoms with Gasteiger partial charge in [0.2, 0.25) is 0 Å². The van der Waals surface area contributed by atoms with Gasteiger partial charge in [-0.2, -0.15) is 0 Å². The van der Waals surface area contributed by atoms with Crippen LogP contribution in [0.5, 0.6) is 17.2 Å². The number of nitrogen functional groups attached to an aromatic ring is 1. The molecular formula is C30H32FN3O3. The maximum absolute atomic E-state index is 12.9. The Labute approximate surface area is 216 Å². The number of likely N-dealkylation sites (tertiary alicyclic amines) is 1. The first-order valence-electron chi connectivity index (χ1n) is 12.6. The summed E-state index contributed by atoms with van der Waals surface area (Å²) < 4.78 is 25.4. The van der Waals surface area contributed by atoms with Crippen molar-refractivity contribution in [2.45, 2.75) is 19.4 Å². The van der Waals surface area contributed by atoms with E-state index in [0.29, 0.717) is 23.6 Å². The number of nitrogens with one attached hydrogen (secondary N) is 1. The predicted octanol–water partition coefficient (Wildman–Crippen LogP) is 5.71. The molecule has 3 aromatic rings. The van der Waals surface area contributed by atoms with Crippen molar-refractivity contribution < 1.29 is 19.0 Å². The van der Waals surface area contributed by atoms with E-state index in [2.05, 4.69) is 4.90 Å². The Bertz CT molecular complexity index is 1320. The minimum absolute atomic E-state index is 0.156. The summed E-state index contributed by atoms with van der Waals surface area (Å²) in [7, 11) is 0. The van der Waals surface area contributed by atoms with E-state index < -0.39 is 6.10 Å². The number of halogens is 1. The van der Waals surface area contributed by atoms with Gasteiger partial charge in [0.05, 0.1) is 6.67 Å². The van der Waals surface area contributed by atoms with Gasteiger partial charge in [0, 0.05) is 47.6 Å². The average molecular weight is 502 g/mol. The Balaban J connectivity index is 1.42. The first kappa shape index (κ1) is 24.8. The first-order chi connectivity index (χ1) is 18.0. The molecule has 0 aromatic heterocycles. The van der Waals surface area contributed by atoms with Crippen LogP contribution >= 0.6 is 0 Å². The Hall–Kier alpha value is -3.84. The van der Waals surface area contributed by atoms with Crippen LogP contribution in [-0.2, 0) is 0 Å². The van der Waals surface area contributed by atoms with Crippen molar-refractivity contribution in [2.75, 3.05) is 38.6 Å². The lowest BCUT2D eigenvalue weighted by molar-refractivity contribution is 0.228. The summed E-state index contributed by atoms with van der Waals surface area (Å²) in [6, 6.07) is 18.6. The Morgan fingerprint density at radius 2 is 2.00 bits per heavy atom. The van der Waals surface area contributed by atoms with Gasteiger partial charge in [-0.15, -0.1) is 0 Å². The lowest BCUT2D eigenvalue weighted by atomic mass is 9.84. The molecule has 1 saturated heterocycles. The minimum atomic E-state index is -0.423. The Morgan fingerprint density at radius 1 is 1.19 bits per heavy atom. The molecule has 1 fully saturated rings. The number of benzene rings is 3. The van der Waals surface area contributed by atoms with Gasteiger partial charge in [-0.05, 0) is 73.0 Å². The van der Waals surface area contributed by atoms with Gasteiger partial charge in [-0.3, -0.25) is 9.29 Å². The third kappa shape index (κ3) is 5.04. The van der Waals surface area contributed by atoms with Gasteiger partial charge in [-0.25, -0.2) is 0 Å². The zero-order valence-corrected chi connectivity index (χ0v) is 20.9. The number of allylic oxidation sites excluding steroid dienone is 1. The summed E-state index contributed by atoms with van der Waals surface area (Å²) in [5, 5.41) is 18.1. The van der Waals surface area contributed by atoms with Crippen molar-refractivity contribution in [3.05, 3.63) is 82.9 Å². The first-order valence-corrected chi connectivity index (χ1v) is 12.6. The molecule has 37 heavy (non-hydrogen) atoms. The van der Waals surface area contributed by atoms with E-state index in [9.17, 15) is 9.50 Å². The molecule has 2 atom stereocenters. The van der Waals surface area contributed by atoms with Crippen molar-refractivity contribution in [1.29, 1.82) is 5.41 Å². The van der Waals surface area contributed by atoms with Gasteiger partial charge in [0.1, 0.15) is 30.0 Å². The van der Waals surface area contributed by atoms with Crippen molar-refractivity contribution in [1.82, 2.24) is 4.90 Å². The molecule has 6 nitrogen and oxygen atoms in total. The van der Waals surface area contributed by atoms with E-state index in [-0.39, 0.29) is 18.3 Å². The second-order valence-corrected chi connectivity index (χ2v) is 9.70. The van der Waals surface area contributed by atoms with Crippen LogP contribution in [0.25, 0.3) is 11.1 Å². The van der Waals surface area contributed by atoms with E-state index in [1.54, 1.807) is 18.2 Å². The third-order valence-corrected chi connectivity index (χ3v) is 7.28. The summed E-state index contributed by atoms with van der Waals surface area (Å²) in [6.07, 6.45) is 1.75. The van der Waals surface area contributed by atoms with E-state index in [1.165, 1.54) is 6.21 Å². The second kappa shape index (κ2) is 10.6. The summed E-state index contributed by atoms with van der Waals surface area (Å²) in [4.78, 5) is 2.25. The smallest absolute Gasteiger partial charge is 0.150 e. The lowest BCUT2D eigenvalue weighted by Gasteiger charge is -2.32. The molecule has 2 aliphatic heterocycles. The van der Waals surface area contributed by atoms with Crippen molar-refractivity contribution >= 4 is 23.0 Å². The molecule has 2 heterocycles. The molecule has 0 bridgehead atoms. The maximum Gasteiger partial charge on any atom is 0.150 e. The maximum atomic E-state index is 12.9. The Kier molecular flexibility index (Phi) is 7.15. The molecule has 5 rings (SSSR count). The van der Waals surface area contributed by atoms with Crippen LogP contribution in [0.2, 0.25) is 0 Å². The van der Waals surface area contributed by atoms with Crippen LogP contribution in [-0.4, -0.2) is 49.1 Å². The van der Waals surface area contributed by atoms with Crippen LogP contribution in [0.3, 0.4) is 0 Å². The monoisotopic (exact) mass is 501 g/mol. The molecule has 192 valence electrons. The summed E-state index contributed by atoms with van der Waals surface area (Å²) in [5.41, 5.74) is 11.7. The molecule has 0 spiro atoms. The number of hydrogen-bond acceptors (Lipinski definition) is 6. The van der Waals surface area contributed by atoms with Crippen LogP contribution in [0.15, 0.2) is 60.7 Å². The highest BCUT2D eigenvalue weighted by molar-refractivity contribution is 6.03. The third-order valence-electron chi connectivity index (χ3n) is 7.28. The molecule has 3 aromatic carbocycles. The topological polar surface area (TPSA) is 91.8 Å². The molecule has 0 amide bonds. The summed E-state index contributed by atoms with van der Waals surface area (Å²) in [6.45, 7) is 4.81. The summed E-state index contributed by atoms with van der Waals surface area (Å²) in [5.74, 6) is 1.75. The zero-order valence-electron chi connectivity index (χ0n) is 20.9. The van der Waals surface area contributed by atoms with Gasteiger partial charge >= 0.3 is 0 Å². The van der Waals surface area contributed by atoms with E-state index in [1.807, 2.05) is 49.4 Å². The lowest BCUT2D eigenvalue weighted by Crippen LogP contribution is -2.26. The number of anilines is 1. The molecule has 0 saturated carbocycles. The molecular weight excluding hydrogens is 469 g/mol. The van der Waals surface area contributed by atoms with Crippen LogP contribution in [0, 0.1) is 11.3 Å². The number of fused-ring (bicyclic) bond motifs is 1. The summed E-state index contributed by atoms with van der Waals surface area (Å²) >= 11 is 0. The van der Waals surface area contributed by atoms with Gasteiger partial charge in [-0.1, -0.05) is 24.3 Å². The minimum Gasteiger partial charge on any atom is -0.508 e. The van der Waals surface area contributed by atoms with Gasteiger partial charge < -0.3 is 25.7 Å². The fourth-order valence-electron chi connectivity index (χ4n) is 5.32. The molecule has 7 heteroatoms. The number of rotatable bonds is 8. The highest BCUT2D eigenvalue weighted by Gasteiger charge is 2.31. The highest BCUT2D eigenvalue weighted by atomic mass is 19.1. The van der Waals surface area contributed by atoms with Crippen LogP contribution < -0.4 is 15.2 Å². The Morgan fingerprint density at radius 3 is 2.70 bits per heavy atom. The normalized spacial score (nSPS) is 19.4. The van der Waals surface area contributed by atoms with Crippen molar-refractivity contribution in [3.63, 3.8) is 0 Å². The van der Waals surface area contributed by atoms with Gasteiger partial charge in [0.25, 0.3) is 0 Å². The van der Waals surface area contributed by atoms with Crippen molar-refractivity contribution in [3.8, 4) is 17.2 Å². The van der Waals surface area contributed by atoms with Gasteiger partial charge in [0.15, 0.2) is 0 Å². The fourth-order valence-corrected chi connectivity index (χ4v) is 5.32. The molecule has 0 aliphatic carbocycles. The van der Waals surface area contributed by atoms with Crippen LogP contribution in [0.4, 0.5) is 10.1 Å². The second-order valence-electron chi connectivity index (χ2n) is 9.70. The molecule has 0 radical (unpaired) electrons. The van der Waals surface area contributed by atoms with Crippen molar-refractivity contribution in [2.24, 2.45) is 5.92 Å². The number of nitrogens with zero attached hydrogens (tertiary/aromatic N) is 1. The number of ether oxygens (including phenoxy) is 2. The molecule has 1 unspecified atom stereocenters. The predicted molar refractivity (Wildman–Crippen MR) is 145 cm³/mol. The SMILES string of the molecule is CC1=C(c2cccc(O)c2)C(c2ccc(OCCN3CC[C@@H](CF)C3)cc2)Oc2ccc(N)c(C=N)c21. The molecule has 2 aliphatic rings. The number of aromatic hydroxyl groups is 1. The number of nitrogens with two attached hydrogens (primary N) is 1. The standard InChI is InChI=1S/C30H32FN3O3/c1-19-28(22-3-2-4-23(35)15-22)30(37-27-10-9-26(33)25(17-32)29(19)27)21-5-7-24(8-6-21)36-14-13-34-12-11-20(16-31)18-34/h2-10,15,17,20,30,32,35H,11-14,16,18,33H2,1H3/t20-,30?/m0/s1. The van der Waals surface area contributed by atoms with E-state index in [0.717, 1.165) is 59.6 Å². The quantitative estimate of drug-likeness (QED) is 0.272. The molecule has 4 N–H and O–H groups in total. The van der Waals surface area contributed by atoms with E-state index in [4.69, 9.17) is 20.6 Å². The number of alkyl halides is 1. The number of hydrogen-bond donors (Lipinski definition) is 3.